The fourth-order valence-electron chi connectivity index (χ4n) is 2.04. The van der Waals surface area contributed by atoms with Crippen LogP contribution in [0.25, 0.3) is 0 Å². The van der Waals surface area contributed by atoms with Crippen molar-refractivity contribution in [1.82, 2.24) is 5.32 Å². The highest BCUT2D eigenvalue weighted by Gasteiger charge is 2.42. The van der Waals surface area contributed by atoms with Gasteiger partial charge in [-0.1, -0.05) is 12.1 Å². The third-order valence-electron chi connectivity index (χ3n) is 3.57. The molecule has 0 heterocycles. The summed E-state index contributed by atoms with van der Waals surface area (Å²) in [6.07, 6.45) is 3.38. The van der Waals surface area contributed by atoms with E-state index in [0.29, 0.717) is 5.56 Å². The largest absolute Gasteiger partial charge is 0.385 e. The molecule has 1 aliphatic carbocycles. The molecule has 3 nitrogen and oxygen atoms in total. The number of amides is 1. The third-order valence-corrected chi connectivity index (χ3v) is 3.96. The lowest BCUT2D eigenvalue weighted by Crippen LogP contribution is -2.31. The number of rotatable bonds is 6. The molecule has 1 amide bonds. The first-order valence-electron chi connectivity index (χ1n) is 6.22. The van der Waals surface area contributed by atoms with Gasteiger partial charge in [-0.05, 0) is 36.8 Å². The Morgan fingerprint density at radius 2 is 2.17 bits per heavy atom. The van der Waals surface area contributed by atoms with Crippen molar-refractivity contribution in [3.63, 3.8) is 0 Å². The van der Waals surface area contributed by atoms with E-state index in [-0.39, 0.29) is 11.3 Å². The SMILES string of the molecule is COCCC1(CNC(=O)c2ccccc2S)CC1. The first-order valence-corrected chi connectivity index (χ1v) is 6.67. The van der Waals surface area contributed by atoms with Gasteiger partial charge in [0, 0.05) is 25.2 Å². The molecule has 1 N–H and O–H groups in total. The summed E-state index contributed by atoms with van der Waals surface area (Å²) in [5.41, 5.74) is 0.917. The predicted octanol–water partition coefficient (Wildman–Crippen LogP) is 2.52. The Labute approximate surface area is 113 Å². The minimum atomic E-state index is -0.0377. The lowest BCUT2D eigenvalue weighted by molar-refractivity contribution is 0.0935. The molecule has 18 heavy (non-hydrogen) atoms. The predicted molar refractivity (Wildman–Crippen MR) is 74.2 cm³/mol. The Kier molecular flexibility index (Phi) is 4.30. The van der Waals surface area contributed by atoms with Crippen molar-refractivity contribution >= 4 is 18.5 Å². The number of benzene rings is 1. The Balaban J connectivity index is 1.87. The Bertz CT molecular complexity index is 430. The van der Waals surface area contributed by atoms with Gasteiger partial charge < -0.3 is 10.1 Å². The zero-order valence-electron chi connectivity index (χ0n) is 10.6. The summed E-state index contributed by atoms with van der Waals surface area (Å²) in [5.74, 6) is -0.0377. The second-order valence-electron chi connectivity index (χ2n) is 4.94. The molecule has 1 aromatic carbocycles. The molecule has 1 aromatic rings. The fourth-order valence-corrected chi connectivity index (χ4v) is 2.30. The number of nitrogens with one attached hydrogen (secondary N) is 1. The normalized spacial score (nSPS) is 16.3. The minimum absolute atomic E-state index is 0.0377. The van der Waals surface area contributed by atoms with Crippen LogP contribution in [0.2, 0.25) is 0 Å². The van der Waals surface area contributed by atoms with Gasteiger partial charge in [0.2, 0.25) is 0 Å². The third kappa shape index (κ3) is 3.27. The van der Waals surface area contributed by atoms with Gasteiger partial charge in [0.15, 0.2) is 0 Å². The summed E-state index contributed by atoms with van der Waals surface area (Å²) >= 11 is 4.29. The van der Waals surface area contributed by atoms with Crippen molar-refractivity contribution in [2.24, 2.45) is 5.41 Å². The Hall–Kier alpha value is -1.00. The molecule has 0 radical (unpaired) electrons. The average molecular weight is 265 g/mol. The van der Waals surface area contributed by atoms with Crippen LogP contribution in [0.5, 0.6) is 0 Å². The van der Waals surface area contributed by atoms with Crippen LogP contribution in [0, 0.1) is 5.41 Å². The highest BCUT2D eigenvalue weighted by molar-refractivity contribution is 7.80. The molecule has 0 aromatic heterocycles. The van der Waals surface area contributed by atoms with Crippen molar-refractivity contribution in [3.05, 3.63) is 29.8 Å². The van der Waals surface area contributed by atoms with Gasteiger partial charge in [0.05, 0.1) is 5.56 Å². The quantitative estimate of drug-likeness (QED) is 0.776. The maximum atomic E-state index is 12.0. The van der Waals surface area contributed by atoms with Crippen LogP contribution in [0.3, 0.4) is 0 Å². The maximum absolute atomic E-state index is 12.0. The smallest absolute Gasteiger partial charge is 0.252 e. The van der Waals surface area contributed by atoms with Crippen LogP contribution in [0.1, 0.15) is 29.6 Å². The van der Waals surface area contributed by atoms with E-state index in [9.17, 15) is 4.79 Å². The zero-order chi connectivity index (χ0) is 13.0. The summed E-state index contributed by atoms with van der Waals surface area (Å²) in [6, 6.07) is 7.36. The molecule has 1 fully saturated rings. The van der Waals surface area contributed by atoms with E-state index in [1.54, 1.807) is 13.2 Å². The van der Waals surface area contributed by atoms with E-state index in [1.165, 1.54) is 12.8 Å². The molecular weight excluding hydrogens is 246 g/mol. The molecule has 0 saturated heterocycles. The van der Waals surface area contributed by atoms with Crippen molar-refractivity contribution in [2.75, 3.05) is 20.3 Å². The molecule has 4 heteroatoms. The summed E-state index contributed by atoms with van der Waals surface area (Å²) in [6.45, 7) is 1.50. The van der Waals surface area contributed by atoms with Gasteiger partial charge in [-0.15, -0.1) is 12.6 Å². The number of carbonyl (C=O) groups excluding carboxylic acids is 1. The fraction of sp³-hybridized carbons (Fsp3) is 0.500. The number of hydrogen-bond acceptors (Lipinski definition) is 3. The topological polar surface area (TPSA) is 38.3 Å². The van der Waals surface area contributed by atoms with E-state index in [0.717, 1.165) is 24.5 Å². The second kappa shape index (κ2) is 5.76. The molecule has 0 aliphatic heterocycles. The standard InChI is InChI=1S/C14H19NO2S/c1-17-9-8-14(6-7-14)10-15-13(16)11-4-2-3-5-12(11)18/h2-5,18H,6-10H2,1H3,(H,15,16). The van der Waals surface area contributed by atoms with Gasteiger partial charge in [0.1, 0.15) is 0 Å². The lowest BCUT2D eigenvalue weighted by Gasteiger charge is -2.15. The molecule has 0 unspecified atom stereocenters. The number of carbonyl (C=O) groups is 1. The number of thiol groups is 1. The van der Waals surface area contributed by atoms with E-state index < -0.39 is 0 Å². The molecular formula is C14H19NO2S. The van der Waals surface area contributed by atoms with Gasteiger partial charge in [-0.25, -0.2) is 0 Å². The van der Waals surface area contributed by atoms with Gasteiger partial charge in [-0.3, -0.25) is 4.79 Å². The molecule has 0 bridgehead atoms. The van der Waals surface area contributed by atoms with Crippen molar-refractivity contribution in [2.45, 2.75) is 24.2 Å². The number of methoxy groups -OCH3 is 1. The van der Waals surface area contributed by atoms with Crippen LogP contribution in [-0.4, -0.2) is 26.2 Å². The summed E-state index contributed by atoms with van der Waals surface area (Å²) in [7, 11) is 1.71. The van der Waals surface area contributed by atoms with E-state index in [2.05, 4.69) is 17.9 Å². The molecule has 98 valence electrons. The minimum Gasteiger partial charge on any atom is -0.385 e. The lowest BCUT2D eigenvalue weighted by atomic mass is 10.0. The van der Waals surface area contributed by atoms with Crippen LogP contribution in [0.4, 0.5) is 0 Å². The second-order valence-corrected chi connectivity index (χ2v) is 5.42. The summed E-state index contributed by atoms with van der Waals surface area (Å²) in [4.78, 5) is 12.7. The molecule has 1 aliphatic rings. The van der Waals surface area contributed by atoms with Gasteiger partial charge in [-0.2, -0.15) is 0 Å². The highest BCUT2D eigenvalue weighted by atomic mass is 32.1. The van der Waals surface area contributed by atoms with E-state index in [4.69, 9.17) is 4.74 Å². The Morgan fingerprint density at radius 1 is 1.44 bits per heavy atom. The number of hydrogen-bond donors (Lipinski definition) is 2. The van der Waals surface area contributed by atoms with E-state index in [1.807, 2.05) is 18.2 Å². The molecule has 0 atom stereocenters. The summed E-state index contributed by atoms with van der Waals surface area (Å²) in [5, 5.41) is 3.01. The molecule has 2 rings (SSSR count). The van der Waals surface area contributed by atoms with Crippen LogP contribution >= 0.6 is 12.6 Å². The zero-order valence-corrected chi connectivity index (χ0v) is 11.5. The molecule has 0 spiro atoms. The monoisotopic (exact) mass is 265 g/mol. The number of ether oxygens (including phenoxy) is 1. The molecule has 1 saturated carbocycles. The van der Waals surface area contributed by atoms with Gasteiger partial charge >= 0.3 is 0 Å². The van der Waals surface area contributed by atoms with Crippen molar-refractivity contribution in [3.8, 4) is 0 Å². The van der Waals surface area contributed by atoms with Crippen LogP contribution < -0.4 is 5.32 Å². The van der Waals surface area contributed by atoms with E-state index >= 15 is 0 Å². The van der Waals surface area contributed by atoms with Gasteiger partial charge in [0.25, 0.3) is 5.91 Å². The first kappa shape index (κ1) is 13.4. The average Bonchev–Trinajstić information content (AvgIpc) is 3.15. The Morgan fingerprint density at radius 3 is 2.78 bits per heavy atom. The van der Waals surface area contributed by atoms with Crippen molar-refractivity contribution in [1.29, 1.82) is 0 Å². The van der Waals surface area contributed by atoms with Crippen LogP contribution in [-0.2, 0) is 4.74 Å². The maximum Gasteiger partial charge on any atom is 0.252 e. The first-order chi connectivity index (χ1) is 8.67. The highest BCUT2D eigenvalue weighted by Crippen LogP contribution is 2.48. The summed E-state index contributed by atoms with van der Waals surface area (Å²) < 4.78 is 5.10. The van der Waals surface area contributed by atoms with Crippen LogP contribution in [0.15, 0.2) is 29.2 Å². The van der Waals surface area contributed by atoms with Crippen molar-refractivity contribution < 1.29 is 9.53 Å².